The van der Waals surface area contributed by atoms with Crippen LogP contribution in [-0.4, -0.2) is 26.8 Å². The molecule has 0 spiro atoms. The van der Waals surface area contributed by atoms with Gasteiger partial charge in [0, 0.05) is 5.02 Å². The Morgan fingerprint density at radius 2 is 2.06 bits per heavy atom. The lowest BCUT2D eigenvalue weighted by atomic mass is 9.98. The van der Waals surface area contributed by atoms with E-state index in [1.807, 2.05) is 24.3 Å². The largest absolute Gasteiger partial charge is 0.337 e. The molecule has 170 valence electrons. The van der Waals surface area contributed by atoms with Crippen LogP contribution in [0, 0.1) is 17.2 Å². The van der Waals surface area contributed by atoms with Crippen LogP contribution < -0.4 is 10.9 Å². The van der Waals surface area contributed by atoms with Crippen LogP contribution in [0.1, 0.15) is 45.1 Å². The van der Waals surface area contributed by atoms with E-state index in [1.54, 1.807) is 29.7 Å². The number of benzene rings is 2. The zero-order valence-corrected chi connectivity index (χ0v) is 20.3. The molecule has 1 saturated carbocycles. The zero-order valence-electron chi connectivity index (χ0n) is 18.8. The molecule has 4 rings (SSSR count). The monoisotopic (exact) mass is 480 g/mol. The minimum Gasteiger partial charge on any atom is -0.337 e. The maximum Gasteiger partial charge on any atom is 0.266 e. The van der Waals surface area contributed by atoms with Crippen LogP contribution in [0.25, 0.3) is 16.6 Å². The van der Waals surface area contributed by atoms with E-state index < -0.39 is 5.54 Å². The summed E-state index contributed by atoms with van der Waals surface area (Å²) in [6, 6.07) is 15.0. The molecular formula is C25H25ClN4O2S. The Balaban J connectivity index is 1.75. The van der Waals surface area contributed by atoms with Gasteiger partial charge in [-0.1, -0.05) is 55.4 Å². The lowest BCUT2D eigenvalue weighted by Gasteiger charge is -2.23. The van der Waals surface area contributed by atoms with Gasteiger partial charge in [0.15, 0.2) is 5.16 Å². The maximum absolute atomic E-state index is 13.6. The van der Waals surface area contributed by atoms with E-state index in [-0.39, 0.29) is 29.1 Å². The molecule has 0 aliphatic heterocycles. The van der Waals surface area contributed by atoms with Crippen molar-refractivity contribution in [2.24, 2.45) is 5.92 Å². The van der Waals surface area contributed by atoms with E-state index in [4.69, 9.17) is 16.6 Å². The molecule has 3 aromatic rings. The highest BCUT2D eigenvalue weighted by Crippen LogP contribution is 2.39. The van der Waals surface area contributed by atoms with Gasteiger partial charge in [-0.25, -0.2) is 4.98 Å². The molecule has 1 aliphatic carbocycles. The van der Waals surface area contributed by atoms with Gasteiger partial charge in [-0.15, -0.1) is 0 Å². The summed E-state index contributed by atoms with van der Waals surface area (Å²) in [5, 5.41) is 13.8. The standard InChI is InChI=1S/C25H25ClN4O2S/c1-15(2)18-6-4-5-7-21(18)30-23(32)19-11-10-17(26)12-20(19)28-24(30)33-13-22(31)29-25(3,14-27)16-8-9-16/h4-7,10-12,15-16H,8-9,13H2,1-3H3,(H,29,31). The number of carbonyl (C=O) groups is 1. The fraction of sp³-hybridized carbons (Fsp3) is 0.360. The fourth-order valence-corrected chi connectivity index (χ4v) is 4.94. The first-order valence-electron chi connectivity index (χ1n) is 10.9. The topological polar surface area (TPSA) is 87.8 Å². The smallest absolute Gasteiger partial charge is 0.266 e. The Morgan fingerprint density at radius 1 is 1.33 bits per heavy atom. The first kappa shape index (κ1) is 23.3. The second-order valence-electron chi connectivity index (χ2n) is 8.84. The highest BCUT2D eigenvalue weighted by Gasteiger charge is 2.43. The van der Waals surface area contributed by atoms with Gasteiger partial charge in [0.25, 0.3) is 5.56 Å². The average molecular weight is 481 g/mol. The number of carbonyl (C=O) groups excluding carboxylic acids is 1. The second kappa shape index (κ2) is 9.20. The van der Waals surface area contributed by atoms with Crippen molar-refractivity contribution in [3.05, 3.63) is 63.4 Å². The van der Waals surface area contributed by atoms with Crippen molar-refractivity contribution in [1.82, 2.24) is 14.9 Å². The Morgan fingerprint density at radius 3 is 2.73 bits per heavy atom. The Hall–Kier alpha value is -2.82. The minimum absolute atomic E-state index is 0.0341. The van der Waals surface area contributed by atoms with E-state index in [0.717, 1.165) is 24.1 Å². The first-order valence-corrected chi connectivity index (χ1v) is 12.3. The van der Waals surface area contributed by atoms with Gasteiger partial charge in [-0.2, -0.15) is 5.26 Å². The van der Waals surface area contributed by atoms with Gasteiger partial charge < -0.3 is 5.32 Å². The molecule has 2 aromatic carbocycles. The lowest BCUT2D eigenvalue weighted by molar-refractivity contribution is -0.119. The van der Waals surface area contributed by atoms with Gasteiger partial charge in [0.1, 0.15) is 5.54 Å². The van der Waals surface area contributed by atoms with Gasteiger partial charge in [-0.3, -0.25) is 14.2 Å². The summed E-state index contributed by atoms with van der Waals surface area (Å²) in [5.74, 6) is 0.144. The number of rotatable bonds is 7. The summed E-state index contributed by atoms with van der Waals surface area (Å²) in [7, 11) is 0. The molecule has 1 aliphatic rings. The van der Waals surface area contributed by atoms with Crippen molar-refractivity contribution in [2.45, 2.75) is 50.2 Å². The molecule has 1 atom stereocenters. The number of halogens is 1. The van der Waals surface area contributed by atoms with Crippen molar-refractivity contribution >= 4 is 40.2 Å². The number of nitriles is 1. The van der Waals surface area contributed by atoms with Gasteiger partial charge in [-0.05, 0) is 61.4 Å². The lowest BCUT2D eigenvalue weighted by Crippen LogP contribution is -2.47. The van der Waals surface area contributed by atoms with Crippen LogP contribution in [-0.2, 0) is 4.79 Å². The van der Waals surface area contributed by atoms with E-state index in [1.165, 1.54) is 11.8 Å². The number of hydrogen-bond donors (Lipinski definition) is 1. The normalized spacial score (nSPS) is 15.3. The molecule has 0 bridgehead atoms. The predicted octanol–water partition coefficient (Wildman–Crippen LogP) is 5.06. The van der Waals surface area contributed by atoms with Crippen molar-refractivity contribution in [2.75, 3.05) is 5.75 Å². The number of nitrogens with zero attached hydrogens (tertiary/aromatic N) is 3. The first-order chi connectivity index (χ1) is 15.7. The van der Waals surface area contributed by atoms with Crippen molar-refractivity contribution in [3.63, 3.8) is 0 Å². The molecule has 8 heteroatoms. The van der Waals surface area contributed by atoms with E-state index in [9.17, 15) is 14.9 Å². The summed E-state index contributed by atoms with van der Waals surface area (Å²) in [5.41, 5.74) is 1.14. The molecule has 1 unspecified atom stereocenters. The SMILES string of the molecule is CC(C)c1ccccc1-n1c(SCC(=O)NC(C)(C#N)C2CC2)nc2cc(Cl)ccc2c1=O. The van der Waals surface area contributed by atoms with Gasteiger partial charge in [0.05, 0.1) is 28.4 Å². The molecular weight excluding hydrogens is 456 g/mol. The summed E-state index contributed by atoms with van der Waals surface area (Å²) >= 11 is 7.32. The van der Waals surface area contributed by atoms with Gasteiger partial charge >= 0.3 is 0 Å². The quantitative estimate of drug-likeness (QED) is 0.377. The van der Waals surface area contributed by atoms with Crippen LogP contribution >= 0.6 is 23.4 Å². The molecule has 1 N–H and O–H groups in total. The van der Waals surface area contributed by atoms with E-state index in [2.05, 4.69) is 25.2 Å². The average Bonchev–Trinajstić information content (AvgIpc) is 3.63. The van der Waals surface area contributed by atoms with Crippen LogP contribution in [0.4, 0.5) is 0 Å². The molecule has 1 amide bonds. The van der Waals surface area contributed by atoms with Crippen LogP contribution in [0.5, 0.6) is 0 Å². The third-order valence-corrected chi connectivity index (χ3v) is 7.13. The number of nitrogens with one attached hydrogen (secondary N) is 1. The number of para-hydroxylation sites is 1. The second-order valence-corrected chi connectivity index (χ2v) is 10.2. The van der Waals surface area contributed by atoms with Crippen molar-refractivity contribution in [3.8, 4) is 11.8 Å². The molecule has 6 nitrogen and oxygen atoms in total. The number of thioether (sulfide) groups is 1. The van der Waals surface area contributed by atoms with Crippen LogP contribution in [0.2, 0.25) is 5.02 Å². The van der Waals surface area contributed by atoms with E-state index >= 15 is 0 Å². The summed E-state index contributed by atoms with van der Waals surface area (Å²) < 4.78 is 1.58. The minimum atomic E-state index is -0.869. The van der Waals surface area contributed by atoms with Crippen molar-refractivity contribution < 1.29 is 4.79 Å². The number of aromatic nitrogens is 2. The maximum atomic E-state index is 13.6. The third-order valence-electron chi connectivity index (χ3n) is 5.96. The fourth-order valence-electron chi connectivity index (χ4n) is 3.96. The Kier molecular flexibility index (Phi) is 6.51. The third kappa shape index (κ3) is 4.78. The molecule has 1 fully saturated rings. The number of hydrogen-bond acceptors (Lipinski definition) is 5. The van der Waals surface area contributed by atoms with E-state index in [0.29, 0.717) is 21.1 Å². The predicted molar refractivity (Wildman–Crippen MR) is 132 cm³/mol. The molecule has 0 saturated heterocycles. The van der Waals surface area contributed by atoms with Crippen LogP contribution in [0.3, 0.4) is 0 Å². The Labute approximate surface area is 202 Å². The highest BCUT2D eigenvalue weighted by atomic mass is 35.5. The summed E-state index contributed by atoms with van der Waals surface area (Å²) in [6.07, 6.45) is 1.88. The molecule has 1 heterocycles. The van der Waals surface area contributed by atoms with Gasteiger partial charge in [0.2, 0.25) is 5.91 Å². The summed E-state index contributed by atoms with van der Waals surface area (Å²) in [4.78, 5) is 31.0. The highest BCUT2D eigenvalue weighted by molar-refractivity contribution is 7.99. The number of fused-ring (bicyclic) bond motifs is 1. The van der Waals surface area contributed by atoms with Crippen molar-refractivity contribution in [1.29, 1.82) is 5.26 Å². The zero-order chi connectivity index (χ0) is 23.8. The molecule has 1 aromatic heterocycles. The number of amides is 1. The Bertz CT molecular complexity index is 1330. The summed E-state index contributed by atoms with van der Waals surface area (Å²) in [6.45, 7) is 5.90. The van der Waals surface area contributed by atoms with Crippen LogP contribution in [0.15, 0.2) is 52.4 Å². The molecule has 33 heavy (non-hydrogen) atoms. The molecule has 0 radical (unpaired) electrons.